The molecule has 0 saturated carbocycles. The molecule has 0 radical (unpaired) electrons. The summed E-state index contributed by atoms with van der Waals surface area (Å²) in [5.74, 6) is 1.13. The summed E-state index contributed by atoms with van der Waals surface area (Å²) in [6.45, 7) is 1.72. The number of ether oxygens (including phenoxy) is 1. The SMILES string of the molecule is COc1ccc(Cn2nnnc2-c2cccc(C(O)C(C)S(N)(=O)=O)n2)cc1. The third-order valence-electron chi connectivity index (χ3n) is 4.29. The van der Waals surface area contributed by atoms with E-state index in [1.54, 1.807) is 23.9 Å². The summed E-state index contributed by atoms with van der Waals surface area (Å²) < 4.78 is 29.7. The first-order valence-corrected chi connectivity index (χ1v) is 9.96. The molecule has 0 bridgehead atoms. The quantitative estimate of drug-likeness (QED) is 0.579. The molecule has 11 heteroatoms. The van der Waals surface area contributed by atoms with Crippen molar-refractivity contribution >= 4 is 10.0 Å². The fourth-order valence-electron chi connectivity index (χ4n) is 2.56. The summed E-state index contributed by atoms with van der Waals surface area (Å²) in [6, 6.07) is 12.3. The van der Waals surface area contributed by atoms with Gasteiger partial charge in [-0.25, -0.2) is 23.2 Å². The van der Waals surface area contributed by atoms with Crippen molar-refractivity contribution in [2.45, 2.75) is 24.8 Å². The number of rotatable bonds is 7. The van der Waals surface area contributed by atoms with Crippen molar-refractivity contribution in [2.75, 3.05) is 7.11 Å². The molecule has 2 atom stereocenters. The van der Waals surface area contributed by atoms with E-state index in [4.69, 9.17) is 9.88 Å². The molecular formula is C17H20N6O4S. The average Bonchev–Trinajstić information content (AvgIpc) is 3.15. The number of aromatic nitrogens is 5. The van der Waals surface area contributed by atoms with Crippen LogP contribution in [0.3, 0.4) is 0 Å². The van der Waals surface area contributed by atoms with Gasteiger partial charge in [-0.1, -0.05) is 18.2 Å². The summed E-state index contributed by atoms with van der Waals surface area (Å²) >= 11 is 0. The van der Waals surface area contributed by atoms with Crippen LogP contribution in [0.4, 0.5) is 0 Å². The van der Waals surface area contributed by atoms with Crippen LogP contribution >= 0.6 is 0 Å². The van der Waals surface area contributed by atoms with Gasteiger partial charge in [-0.3, -0.25) is 0 Å². The molecule has 148 valence electrons. The van der Waals surface area contributed by atoms with Gasteiger partial charge in [0.05, 0.1) is 19.3 Å². The van der Waals surface area contributed by atoms with Crippen molar-refractivity contribution in [3.8, 4) is 17.3 Å². The molecule has 1 aromatic carbocycles. The van der Waals surface area contributed by atoms with Crippen LogP contribution in [-0.4, -0.2) is 51.1 Å². The lowest BCUT2D eigenvalue weighted by Crippen LogP contribution is -2.31. The summed E-state index contributed by atoms with van der Waals surface area (Å²) in [7, 11) is -2.32. The first-order chi connectivity index (χ1) is 13.3. The molecule has 3 rings (SSSR count). The summed E-state index contributed by atoms with van der Waals surface area (Å²) in [5, 5.41) is 25.9. The van der Waals surface area contributed by atoms with Crippen molar-refractivity contribution in [2.24, 2.45) is 5.14 Å². The van der Waals surface area contributed by atoms with E-state index >= 15 is 0 Å². The highest BCUT2D eigenvalue weighted by molar-refractivity contribution is 7.89. The summed E-state index contributed by atoms with van der Waals surface area (Å²) in [4.78, 5) is 4.33. The maximum absolute atomic E-state index is 11.5. The Bertz CT molecular complexity index is 1050. The van der Waals surface area contributed by atoms with Crippen LogP contribution in [0.15, 0.2) is 42.5 Å². The van der Waals surface area contributed by atoms with Crippen molar-refractivity contribution < 1.29 is 18.3 Å². The number of hydrogen-bond acceptors (Lipinski definition) is 8. The monoisotopic (exact) mass is 404 g/mol. The second-order valence-electron chi connectivity index (χ2n) is 6.19. The number of aliphatic hydroxyl groups is 1. The van der Waals surface area contributed by atoms with E-state index in [0.29, 0.717) is 18.1 Å². The van der Waals surface area contributed by atoms with Crippen LogP contribution < -0.4 is 9.88 Å². The number of nitrogens with two attached hydrogens (primary N) is 1. The van der Waals surface area contributed by atoms with Crippen LogP contribution in [0.25, 0.3) is 11.5 Å². The van der Waals surface area contributed by atoms with Crippen molar-refractivity contribution in [3.05, 3.63) is 53.7 Å². The van der Waals surface area contributed by atoms with Gasteiger partial charge in [0.15, 0.2) is 0 Å². The molecule has 2 aromatic heterocycles. The lowest BCUT2D eigenvalue weighted by atomic mass is 10.1. The minimum absolute atomic E-state index is 0.165. The molecule has 0 aliphatic heterocycles. The molecule has 0 aliphatic carbocycles. The largest absolute Gasteiger partial charge is 0.497 e. The minimum Gasteiger partial charge on any atom is -0.497 e. The number of hydrogen-bond donors (Lipinski definition) is 2. The number of methoxy groups -OCH3 is 1. The summed E-state index contributed by atoms with van der Waals surface area (Å²) in [5.41, 5.74) is 1.52. The minimum atomic E-state index is -3.92. The number of aliphatic hydroxyl groups excluding tert-OH is 1. The smallest absolute Gasteiger partial charge is 0.214 e. The fourth-order valence-corrected chi connectivity index (χ4v) is 3.06. The predicted molar refractivity (Wildman–Crippen MR) is 101 cm³/mol. The third-order valence-corrected chi connectivity index (χ3v) is 5.58. The Labute approximate surface area is 162 Å². The van der Waals surface area contributed by atoms with E-state index in [1.165, 1.54) is 13.0 Å². The molecule has 0 spiro atoms. The van der Waals surface area contributed by atoms with Crippen molar-refractivity contribution in [1.82, 2.24) is 25.2 Å². The molecule has 2 heterocycles. The van der Waals surface area contributed by atoms with Gasteiger partial charge in [0.25, 0.3) is 0 Å². The zero-order valence-corrected chi connectivity index (χ0v) is 16.1. The van der Waals surface area contributed by atoms with Crippen LogP contribution in [0, 0.1) is 0 Å². The Morgan fingerprint density at radius 2 is 1.93 bits per heavy atom. The first kappa shape index (κ1) is 19.9. The second-order valence-corrected chi connectivity index (χ2v) is 8.12. The van der Waals surface area contributed by atoms with Crippen molar-refractivity contribution in [1.29, 1.82) is 0 Å². The standard InChI is InChI=1S/C17H20N6O4S/c1-11(28(18,25)26)16(24)14-4-3-5-15(19-14)17-20-21-22-23(17)10-12-6-8-13(27-2)9-7-12/h3-9,11,16,24H,10H2,1-2H3,(H2,18,25,26). The molecule has 0 aliphatic rings. The maximum Gasteiger partial charge on any atom is 0.214 e. The number of benzene rings is 1. The third kappa shape index (κ3) is 4.32. The molecule has 3 N–H and O–H groups in total. The second kappa shape index (κ2) is 8.00. The van der Waals surface area contributed by atoms with Crippen molar-refractivity contribution in [3.63, 3.8) is 0 Å². The van der Waals surface area contributed by atoms with Gasteiger partial charge < -0.3 is 9.84 Å². The van der Waals surface area contributed by atoms with E-state index in [0.717, 1.165) is 11.3 Å². The average molecular weight is 404 g/mol. The van der Waals surface area contributed by atoms with Crippen LogP contribution in [0.5, 0.6) is 5.75 Å². The Morgan fingerprint density at radius 3 is 2.57 bits per heavy atom. The number of pyridine rings is 1. The van der Waals surface area contributed by atoms with E-state index < -0.39 is 21.4 Å². The highest BCUT2D eigenvalue weighted by Gasteiger charge is 2.27. The summed E-state index contributed by atoms with van der Waals surface area (Å²) in [6.07, 6.45) is -1.37. The van der Waals surface area contributed by atoms with E-state index in [1.807, 2.05) is 24.3 Å². The first-order valence-electron chi connectivity index (χ1n) is 8.35. The molecule has 0 amide bonds. The van der Waals surface area contributed by atoms with E-state index in [2.05, 4.69) is 20.5 Å². The number of primary sulfonamides is 1. The molecule has 10 nitrogen and oxygen atoms in total. The molecule has 0 saturated heterocycles. The zero-order chi connectivity index (χ0) is 20.3. The highest BCUT2D eigenvalue weighted by Crippen LogP contribution is 2.22. The Morgan fingerprint density at radius 1 is 1.21 bits per heavy atom. The fraction of sp³-hybridized carbons (Fsp3) is 0.294. The van der Waals surface area contributed by atoms with Gasteiger partial charge in [0.1, 0.15) is 22.8 Å². The lowest BCUT2D eigenvalue weighted by molar-refractivity contribution is 0.171. The normalized spacial score (nSPS) is 13.9. The van der Waals surface area contributed by atoms with Gasteiger partial charge in [-0.05, 0) is 47.2 Å². The lowest BCUT2D eigenvalue weighted by Gasteiger charge is -2.16. The van der Waals surface area contributed by atoms with E-state index in [9.17, 15) is 13.5 Å². The maximum atomic E-state index is 11.5. The number of sulfonamides is 1. The Hall–Kier alpha value is -2.89. The van der Waals surface area contributed by atoms with E-state index in [-0.39, 0.29) is 5.69 Å². The Kier molecular flexibility index (Phi) is 5.68. The predicted octanol–water partition coefficient (Wildman–Crippen LogP) is 0.502. The van der Waals surface area contributed by atoms with Crippen LogP contribution in [0.2, 0.25) is 0 Å². The van der Waals surface area contributed by atoms with Gasteiger partial charge in [0, 0.05) is 0 Å². The molecule has 2 unspecified atom stereocenters. The van der Waals surface area contributed by atoms with Gasteiger partial charge in [0.2, 0.25) is 15.8 Å². The highest BCUT2D eigenvalue weighted by atomic mass is 32.2. The van der Waals surface area contributed by atoms with Gasteiger partial charge in [-0.2, -0.15) is 0 Å². The Balaban J connectivity index is 1.88. The van der Waals surface area contributed by atoms with Gasteiger partial charge >= 0.3 is 0 Å². The molecule has 3 aromatic rings. The molecule has 0 fully saturated rings. The number of nitrogens with zero attached hydrogens (tertiary/aromatic N) is 5. The zero-order valence-electron chi connectivity index (χ0n) is 15.3. The number of tetrazole rings is 1. The van der Waals surface area contributed by atoms with Crippen LogP contribution in [-0.2, 0) is 16.6 Å². The van der Waals surface area contributed by atoms with Crippen LogP contribution in [0.1, 0.15) is 24.3 Å². The van der Waals surface area contributed by atoms with Gasteiger partial charge in [-0.15, -0.1) is 5.10 Å². The topological polar surface area (TPSA) is 146 Å². The molecule has 28 heavy (non-hydrogen) atoms. The molecular weight excluding hydrogens is 384 g/mol.